The molecule has 1 rings (SSSR count). The van der Waals surface area contributed by atoms with E-state index in [-0.39, 0.29) is 19.0 Å². The highest BCUT2D eigenvalue weighted by Gasteiger charge is 2.02. The van der Waals surface area contributed by atoms with E-state index in [1.165, 1.54) is 6.92 Å². The Morgan fingerprint density at radius 2 is 1.76 bits per heavy atom. The zero-order chi connectivity index (χ0) is 15.7. The smallest absolute Gasteiger partial charge is 0.264 e. The minimum atomic E-state index is -3.41. The Morgan fingerprint density at radius 3 is 2.43 bits per heavy atom. The van der Waals surface area contributed by atoms with Gasteiger partial charge in [-0.3, -0.25) is 8.98 Å². The minimum Gasteiger partial charge on any atom is -0.377 e. The van der Waals surface area contributed by atoms with E-state index in [1.54, 1.807) is 12.1 Å². The first-order chi connectivity index (χ1) is 9.88. The molecule has 0 aliphatic carbocycles. The van der Waals surface area contributed by atoms with Gasteiger partial charge in [0.25, 0.3) is 10.1 Å². The maximum atomic E-state index is 11.2. The van der Waals surface area contributed by atoms with Crippen molar-refractivity contribution in [1.82, 2.24) is 0 Å². The molecular weight excluding hydrogens is 296 g/mol. The second-order valence-electron chi connectivity index (χ2n) is 4.45. The molecule has 0 N–H and O–H groups in total. The average molecular weight is 316 g/mol. The fourth-order valence-corrected chi connectivity index (χ4v) is 1.91. The van der Waals surface area contributed by atoms with Gasteiger partial charge in [-0.25, -0.2) is 0 Å². The van der Waals surface area contributed by atoms with Crippen LogP contribution in [0.2, 0.25) is 0 Å². The first-order valence-corrected chi connectivity index (χ1v) is 8.30. The van der Waals surface area contributed by atoms with Crippen LogP contribution in [-0.2, 0) is 30.4 Å². The number of benzene rings is 1. The summed E-state index contributed by atoms with van der Waals surface area (Å²) in [6.45, 7) is 2.83. The van der Waals surface area contributed by atoms with Crippen molar-refractivity contribution >= 4 is 15.9 Å². The van der Waals surface area contributed by atoms with Gasteiger partial charge in [-0.1, -0.05) is 18.2 Å². The Bertz CT molecular complexity index is 552. The van der Waals surface area contributed by atoms with Gasteiger partial charge in [0.05, 0.1) is 39.3 Å². The molecule has 0 radical (unpaired) electrons. The van der Waals surface area contributed by atoms with E-state index in [9.17, 15) is 13.2 Å². The van der Waals surface area contributed by atoms with Crippen LogP contribution in [0.1, 0.15) is 22.8 Å². The predicted molar refractivity (Wildman–Crippen MR) is 77.7 cm³/mol. The molecule has 0 unspecified atom stereocenters. The van der Waals surface area contributed by atoms with E-state index in [4.69, 9.17) is 9.47 Å². The van der Waals surface area contributed by atoms with Gasteiger partial charge in [0, 0.05) is 5.56 Å². The SMILES string of the molecule is CC(=O)c1cccc(COCCOCCOS(C)(=O)=O)c1. The van der Waals surface area contributed by atoms with Crippen LogP contribution in [0, 0.1) is 0 Å². The minimum absolute atomic E-state index is 0.000506. The molecule has 7 heteroatoms. The zero-order valence-electron chi connectivity index (χ0n) is 12.2. The van der Waals surface area contributed by atoms with E-state index in [2.05, 4.69) is 4.18 Å². The molecule has 118 valence electrons. The molecule has 0 saturated heterocycles. The number of Topliss-reactive ketones (excluding diaryl/α,β-unsaturated/α-hetero) is 1. The fraction of sp³-hybridized carbons (Fsp3) is 0.500. The highest BCUT2D eigenvalue weighted by atomic mass is 32.2. The lowest BCUT2D eigenvalue weighted by atomic mass is 10.1. The molecule has 1 aromatic carbocycles. The predicted octanol–water partition coefficient (Wildman–Crippen LogP) is 1.40. The molecule has 0 bridgehead atoms. The van der Waals surface area contributed by atoms with Gasteiger partial charge in [0.1, 0.15) is 0 Å². The van der Waals surface area contributed by atoms with Crippen LogP contribution in [0.5, 0.6) is 0 Å². The molecule has 0 atom stereocenters. The largest absolute Gasteiger partial charge is 0.377 e. The number of hydrogen-bond donors (Lipinski definition) is 0. The Balaban J connectivity index is 2.12. The van der Waals surface area contributed by atoms with Crippen LogP contribution in [0.4, 0.5) is 0 Å². The number of hydrogen-bond acceptors (Lipinski definition) is 6. The van der Waals surface area contributed by atoms with Crippen molar-refractivity contribution in [1.29, 1.82) is 0 Å². The van der Waals surface area contributed by atoms with E-state index >= 15 is 0 Å². The van der Waals surface area contributed by atoms with Gasteiger partial charge in [0.2, 0.25) is 0 Å². The monoisotopic (exact) mass is 316 g/mol. The van der Waals surface area contributed by atoms with Crippen molar-refractivity contribution in [3.05, 3.63) is 35.4 Å². The van der Waals surface area contributed by atoms with Gasteiger partial charge in [-0.05, 0) is 18.6 Å². The Labute approximate surface area is 125 Å². The first kappa shape index (κ1) is 17.8. The number of carbonyl (C=O) groups is 1. The van der Waals surface area contributed by atoms with E-state index < -0.39 is 10.1 Å². The highest BCUT2D eigenvalue weighted by molar-refractivity contribution is 7.85. The molecule has 1 aromatic rings. The Morgan fingerprint density at radius 1 is 1.10 bits per heavy atom. The van der Waals surface area contributed by atoms with Crippen LogP contribution in [0.3, 0.4) is 0 Å². The summed E-state index contributed by atoms with van der Waals surface area (Å²) >= 11 is 0. The van der Waals surface area contributed by atoms with Crippen molar-refractivity contribution in [3.8, 4) is 0 Å². The summed E-state index contributed by atoms with van der Waals surface area (Å²) < 4.78 is 36.4. The van der Waals surface area contributed by atoms with Crippen LogP contribution >= 0.6 is 0 Å². The molecule has 0 saturated carbocycles. The maximum absolute atomic E-state index is 11.2. The standard InChI is InChI=1S/C14H20O6S/c1-12(15)14-5-3-4-13(10-14)11-19-7-6-18-8-9-20-21(2,16)17/h3-5,10H,6-9,11H2,1-2H3. The topological polar surface area (TPSA) is 78.9 Å². The lowest BCUT2D eigenvalue weighted by molar-refractivity contribution is 0.0311. The number of ether oxygens (including phenoxy) is 2. The average Bonchev–Trinajstić information content (AvgIpc) is 2.41. The van der Waals surface area contributed by atoms with Crippen LogP contribution in [-0.4, -0.2) is 46.9 Å². The third kappa shape index (κ3) is 8.56. The zero-order valence-corrected chi connectivity index (χ0v) is 13.0. The van der Waals surface area contributed by atoms with Gasteiger partial charge in [-0.15, -0.1) is 0 Å². The van der Waals surface area contributed by atoms with Crippen molar-refractivity contribution in [2.24, 2.45) is 0 Å². The molecule has 0 amide bonds. The van der Waals surface area contributed by atoms with Crippen LogP contribution in [0.25, 0.3) is 0 Å². The molecule has 0 heterocycles. The van der Waals surface area contributed by atoms with E-state index in [0.717, 1.165) is 11.8 Å². The fourth-order valence-electron chi connectivity index (χ4n) is 1.53. The molecule has 0 aromatic heterocycles. The molecule has 0 aliphatic rings. The number of carbonyl (C=O) groups excluding carboxylic acids is 1. The molecule has 0 fully saturated rings. The molecule has 0 spiro atoms. The van der Waals surface area contributed by atoms with Gasteiger partial charge >= 0.3 is 0 Å². The summed E-state index contributed by atoms with van der Waals surface area (Å²) in [5.41, 5.74) is 1.58. The van der Waals surface area contributed by atoms with Gasteiger partial charge in [-0.2, -0.15) is 8.42 Å². The number of rotatable bonds is 10. The molecule has 0 aliphatic heterocycles. The number of ketones is 1. The highest BCUT2D eigenvalue weighted by Crippen LogP contribution is 2.07. The second-order valence-corrected chi connectivity index (χ2v) is 6.09. The third-order valence-corrected chi connectivity index (χ3v) is 3.09. The van der Waals surface area contributed by atoms with Crippen molar-refractivity contribution < 1.29 is 26.9 Å². The third-order valence-electron chi connectivity index (χ3n) is 2.50. The Hall–Kier alpha value is -1.28. The molecule has 6 nitrogen and oxygen atoms in total. The van der Waals surface area contributed by atoms with Crippen molar-refractivity contribution in [2.75, 3.05) is 32.7 Å². The second kappa shape index (κ2) is 8.89. The van der Waals surface area contributed by atoms with Crippen molar-refractivity contribution in [3.63, 3.8) is 0 Å². The summed E-state index contributed by atoms with van der Waals surface area (Å²) in [6, 6.07) is 7.25. The summed E-state index contributed by atoms with van der Waals surface area (Å²) in [6.07, 6.45) is 0.991. The summed E-state index contributed by atoms with van der Waals surface area (Å²) in [4.78, 5) is 11.2. The summed E-state index contributed by atoms with van der Waals surface area (Å²) in [5, 5.41) is 0. The lowest BCUT2D eigenvalue weighted by Crippen LogP contribution is -2.12. The van der Waals surface area contributed by atoms with Crippen LogP contribution in [0.15, 0.2) is 24.3 Å². The van der Waals surface area contributed by atoms with E-state index in [0.29, 0.717) is 25.4 Å². The maximum Gasteiger partial charge on any atom is 0.264 e. The quantitative estimate of drug-likeness (QED) is 0.369. The lowest BCUT2D eigenvalue weighted by Gasteiger charge is -2.07. The van der Waals surface area contributed by atoms with Crippen molar-refractivity contribution in [2.45, 2.75) is 13.5 Å². The van der Waals surface area contributed by atoms with Crippen LogP contribution < -0.4 is 0 Å². The van der Waals surface area contributed by atoms with E-state index in [1.807, 2.05) is 12.1 Å². The molecule has 21 heavy (non-hydrogen) atoms. The summed E-state index contributed by atoms with van der Waals surface area (Å²) in [7, 11) is -3.41. The molecular formula is C14H20O6S. The Kier molecular flexibility index (Phi) is 7.52. The summed E-state index contributed by atoms with van der Waals surface area (Å²) in [5.74, 6) is 0.0195. The normalized spacial score (nSPS) is 11.5. The first-order valence-electron chi connectivity index (χ1n) is 6.48. The van der Waals surface area contributed by atoms with Gasteiger partial charge in [0.15, 0.2) is 5.78 Å². The van der Waals surface area contributed by atoms with Gasteiger partial charge < -0.3 is 9.47 Å².